The number of pyridine rings is 1. The van der Waals surface area contributed by atoms with Gasteiger partial charge in [-0.2, -0.15) is 5.26 Å². The number of hydrogen-bond donors (Lipinski definition) is 0. The number of furan rings is 1. The SMILES string of the molecule is C=C/C=C(C#N)\C=C(/C=C)c1ccnc2cc(C(C=C)=N/C=C(/C)C=C)oc12. The third-order valence-electron chi connectivity index (χ3n) is 3.86. The zero-order chi connectivity index (χ0) is 20.5. The minimum atomic E-state index is 0.458. The number of fused-ring (bicyclic) bond motifs is 1. The van der Waals surface area contributed by atoms with Crippen LogP contribution >= 0.6 is 0 Å². The third kappa shape index (κ3) is 4.60. The maximum Gasteiger partial charge on any atom is 0.161 e. The second-order valence-corrected chi connectivity index (χ2v) is 5.75. The standard InChI is InChI=1S/C24H21N3O/c1-6-10-18(15-25)13-19(8-3)20-11-12-26-22-14-23(28-24(20)22)21(9-4)27-16-17(5)7-2/h6-14,16H,1-4H2,5H3/b17-16-,18-10+,19-13+,27-21?. The fourth-order valence-electron chi connectivity index (χ4n) is 2.39. The molecule has 0 saturated carbocycles. The summed E-state index contributed by atoms with van der Waals surface area (Å²) in [6.07, 6.45) is 13.3. The maximum absolute atomic E-state index is 9.27. The molecule has 0 atom stereocenters. The summed E-state index contributed by atoms with van der Waals surface area (Å²) < 4.78 is 6.05. The van der Waals surface area contributed by atoms with Gasteiger partial charge in [0.15, 0.2) is 11.3 Å². The largest absolute Gasteiger partial charge is 0.452 e. The highest BCUT2D eigenvalue weighted by Gasteiger charge is 2.14. The van der Waals surface area contributed by atoms with Gasteiger partial charge in [0.1, 0.15) is 11.2 Å². The first-order valence-corrected chi connectivity index (χ1v) is 8.53. The molecule has 0 aliphatic heterocycles. The highest BCUT2D eigenvalue weighted by atomic mass is 16.3. The van der Waals surface area contributed by atoms with Gasteiger partial charge in [0.2, 0.25) is 0 Å². The molecule has 138 valence electrons. The van der Waals surface area contributed by atoms with E-state index in [1.54, 1.807) is 48.9 Å². The lowest BCUT2D eigenvalue weighted by molar-refractivity contribution is 0.604. The summed E-state index contributed by atoms with van der Waals surface area (Å²) in [5.41, 5.74) is 4.73. The van der Waals surface area contributed by atoms with E-state index in [0.29, 0.717) is 28.1 Å². The van der Waals surface area contributed by atoms with Gasteiger partial charge in [-0.3, -0.25) is 9.98 Å². The number of nitrogens with zero attached hydrogens (tertiary/aromatic N) is 3. The second kappa shape index (κ2) is 9.65. The van der Waals surface area contributed by atoms with Crippen LogP contribution in [0.5, 0.6) is 0 Å². The molecule has 2 aromatic rings. The zero-order valence-electron chi connectivity index (χ0n) is 15.9. The van der Waals surface area contributed by atoms with Crippen molar-refractivity contribution in [3.63, 3.8) is 0 Å². The van der Waals surface area contributed by atoms with Crippen molar-refractivity contribution >= 4 is 22.4 Å². The van der Waals surface area contributed by atoms with E-state index in [1.807, 2.05) is 19.1 Å². The molecule has 2 heterocycles. The summed E-state index contributed by atoms with van der Waals surface area (Å²) in [4.78, 5) is 8.78. The number of hydrogen-bond acceptors (Lipinski definition) is 4. The Balaban J connectivity index is 2.64. The van der Waals surface area contributed by atoms with Gasteiger partial charge in [-0.1, -0.05) is 44.5 Å². The highest BCUT2D eigenvalue weighted by Crippen LogP contribution is 2.28. The van der Waals surface area contributed by atoms with Crippen LogP contribution in [0, 0.1) is 11.3 Å². The molecule has 0 N–H and O–H groups in total. The van der Waals surface area contributed by atoms with Crippen molar-refractivity contribution < 1.29 is 4.42 Å². The summed E-state index contributed by atoms with van der Waals surface area (Å²) in [5.74, 6) is 0.545. The highest BCUT2D eigenvalue weighted by molar-refractivity contribution is 6.09. The smallest absolute Gasteiger partial charge is 0.161 e. The zero-order valence-corrected chi connectivity index (χ0v) is 15.9. The minimum absolute atomic E-state index is 0.458. The van der Waals surface area contributed by atoms with E-state index in [-0.39, 0.29) is 0 Å². The first kappa shape index (κ1) is 20.3. The summed E-state index contributed by atoms with van der Waals surface area (Å²) in [5, 5.41) is 9.27. The molecule has 2 rings (SSSR count). The van der Waals surface area contributed by atoms with E-state index in [2.05, 4.69) is 42.4 Å². The molecule has 0 bridgehead atoms. The summed E-state index contributed by atoms with van der Waals surface area (Å²) >= 11 is 0. The first-order valence-electron chi connectivity index (χ1n) is 8.53. The molecule has 4 heteroatoms. The van der Waals surface area contributed by atoms with Crippen molar-refractivity contribution in [3.8, 4) is 6.07 Å². The first-order chi connectivity index (χ1) is 13.6. The molecule has 0 amide bonds. The Hall–Kier alpha value is -3.97. The lowest BCUT2D eigenvalue weighted by Crippen LogP contribution is -1.92. The van der Waals surface area contributed by atoms with E-state index in [1.165, 1.54) is 0 Å². The van der Waals surface area contributed by atoms with Crippen LogP contribution in [-0.2, 0) is 0 Å². The molecule has 0 saturated heterocycles. The van der Waals surface area contributed by atoms with Gasteiger partial charge in [-0.05, 0) is 42.4 Å². The van der Waals surface area contributed by atoms with Gasteiger partial charge in [0.05, 0.1) is 11.6 Å². The van der Waals surface area contributed by atoms with Crippen LogP contribution in [0.3, 0.4) is 0 Å². The monoisotopic (exact) mass is 367 g/mol. The van der Waals surface area contributed by atoms with E-state index in [4.69, 9.17) is 4.42 Å². The van der Waals surface area contributed by atoms with Crippen LogP contribution in [-0.4, -0.2) is 10.7 Å². The topological polar surface area (TPSA) is 62.2 Å². The summed E-state index contributed by atoms with van der Waals surface area (Å²) in [6, 6.07) is 5.75. The molecule has 0 spiro atoms. The lowest BCUT2D eigenvalue weighted by atomic mass is 10.0. The van der Waals surface area contributed by atoms with E-state index in [9.17, 15) is 5.26 Å². The lowest BCUT2D eigenvalue weighted by Gasteiger charge is -2.03. The van der Waals surface area contributed by atoms with Crippen LogP contribution in [0.25, 0.3) is 16.7 Å². The Kier molecular flexibility index (Phi) is 7.01. The van der Waals surface area contributed by atoms with Gasteiger partial charge in [-0.25, -0.2) is 0 Å². The fraction of sp³-hybridized carbons (Fsp3) is 0.0417. The van der Waals surface area contributed by atoms with Gasteiger partial charge < -0.3 is 4.42 Å². The quantitative estimate of drug-likeness (QED) is 0.322. The van der Waals surface area contributed by atoms with Crippen LogP contribution in [0.15, 0.2) is 108 Å². The van der Waals surface area contributed by atoms with Crippen LogP contribution in [0.4, 0.5) is 0 Å². The molecule has 2 aromatic heterocycles. The van der Waals surface area contributed by atoms with E-state index in [0.717, 1.165) is 16.7 Å². The van der Waals surface area contributed by atoms with Gasteiger partial charge in [-0.15, -0.1) is 0 Å². The average molecular weight is 367 g/mol. The van der Waals surface area contributed by atoms with Crippen molar-refractivity contribution in [1.29, 1.82) is 5.26 Å². The molecule has 0 fully saturated rings. The number of allylic oxidation sites excluding steroid dienone is 9. The van der Waals surface area contributed by atoms with Crippen molar-refractivity contribution in [3.05, 3.63) is 110 Å². The molecule has 0 radical (unpaired) electrons. The van der Waals surface area contributed by atoms with Gasteiger partial charge >= 0.3 is 0 Å². The normalized spacial score (nSPS) is 13.1. The fourth-order valence-corrected chi connectivity index (χ4v) is 2.39. The van der Waals surface area contributed by atoms with Crippen molar-refractivity contribution in [2.75, 3.05) is 0 Å². The number of aliphatic imine (C=N–C) groups is 1. The van der Waals surface area contributed by atoms with Gasteiger partial charge in [0.25, 0.3) is 0 Å². The predicted molar refractivity (Wildman–Crippen MR) is 117 cm³/mol. The number of nitriles is 1. The maximum atomic E-state index is 9.27. The Morgan fingerprint density at radius 2 is 2.00 bits per heavy atom. The van der Waals surface area contributed by atoms with Crippen molar-refractivity contribution in [2.24, 2.45) is 4.99 Å². The van der Waals surface area contributed by atoms with E-state index < -0.39 is 0 Å². The van der Waals surface area contributed by atoms with Crippen LogP contribution < -0.4 is 0 Å². The molecule has 0 aliphatic carbocycles. The molecule has 4 nitrogen and oxygen atoms in total. The second-order valence-electron chi connectivity index (χ2n) is 5.75. The Bertz CT molecular complexity index is 1100. The molecule has 0 aliphatic rings. The number of rotatable bonds is 8. The number of aromatic nitrogens is 1. The van der Waals surface area contributed by atoms with E-state index >= 15 is 0 Å². The molecule has 0 aromatic carbocycles. The Morgan fingerprint density at radius 1 is 1.21 bits per heavy atom. The molecular formula is C24H21N3O. The summed E-state index contributed by atoms with van der Waals surface area (Å²) in [6.45, 7) is 16.9. The summed E-state index contributed by atoms with van der Waals surface area (Å²) in [7, 11) is 0. The Labute approximate surface area is 165 Å². The van der Waals surface area contributed by atoms with Crippen molar-refractivity contribution in [2.45, 2.75) is 6.92 Å². The van der Waals surface area contributed by atoms with Crippen LogP contribution in [0.1, 0.15) is 18.2 Å². The molecule has 0 unspecified atom stereocenters. The average Bonchev–Trinajstić information content (AvgIpc) is 3.15. The van der Waals surface area contributed by atoms with Gasteiger partial charge in [0, 0.05) is 24.0 Å². The molecule has 28 heavy (non-hydrogen) atoms. The third-order valence-corrected chi connectivity index (χ3v) is 3.86. The van der Waals surface area contributed by atoms with Crippen LogP contribution in [0.2, 0.25) is 0 Å². The van der Waals surface area contributed by atoms with Crippen molar-refractivity contribution in [1.82, 2.24) is 4.98 Å². The minimum Gasteiger partial charge on any atom is -0.452 e. The Morgan fingerprint density at radius 3 is 2.61 bits per heavy atom. The molecular weight excluding hydrogens is 346 g/mol. The predicted octanol–water partition coefficient (Wildman–Crippen LogP) is 6.10.